The lowest BCUT2D eigenvalue weighted by Crippen LogP contribution is -2.65. The highest BCUT2D eigenvalue weighted by Crippen LogP contribution is 2.32. The van der Waals surface area contributed by atoms with Gasteiger partial charge in [0, 0.05) is 30.2 Å². The molecule has 0 aromatic heterocycles. The van der Waals surface area contributed by atoms with Gasteiger partial charge in [-0.1, -0.05) is 23.2 Å². The van der Waals surface area contributed by atoms with Crippen molar-refractivity contribution in [1.29, 1.82) is 0 Å². The van der Waals surface area contributed by atoms with Crippen LogP contribution in [0.2, 0.25) is 10.0 Å². The van der Waals surface area contributed by atoms with Gasteiger partial charge in [0.1, 0.15) is 0 Å². The summed E-state index contributed by atoms with van der Waals surface area (Å²) in [4.78, 5) is 29.0. The molecule has 7 heteroatoms. The number of rotatable bonds is 3. The summed E-state index contributed by atoms with van der Waals surface area (Å²) < 4.78 is 0. The van der Waals surface area contributed by atoms with Crippen molar-refractivity contribution < 1.29 is 14.7 Å². The summed E-state index contributed by atoms with van der Waals surface area (Å²) in [7, 11) is 0. The largest absolute Gasteiger partial charge is 0.390 e. The normalized spacial score (nSPS) is 23.1. The van der Waals surface area contributed by atoms with Crippen LogP contribution in [0.25, 0.3) is 0 Å². The molecule has 1 aromatic rings. The molecule has 3 fully saturated rings. The average molecular weight is 385 g/mol. The fourth-order valence-corrected chi connectivity index (χ4v) is 4.04. The van der Waals surface area contributed by atoms with Crippen molar-refractivity contribution >= 4 is 35.0 Å². The van der Waals surface area contributed by atoms with Crippen molar-refractivity contribution in [2.75, 3.05) is 13.1 Å². The minimum atomic E-state index is -1.03. The van der Waals surface area contributed by atoms with Crippen molar-refractivity contribution in [3.8, 4) is 0 Å². The number of carbonyl (C=O) groups is 2. The first-order valence-electron chi connectivity index (χ1n) is 8.43. The number of benzene rings is 1. The Bertz CT molecular complexity index is 702. The molecule has 3 aliphatic heterocycles. The third-order valence-corrected chi connectivity index (χ3v) is 5.42. The van der Waals surface area contributed by atoms with Crippen molar-refractivity contribution in [2.24, 2.45) is 0 Å². The van der Waals surface area contributed by atoms with Crippen LogP contribution in [0.15, 0.2) is 18.2 Å². The second-order valence-corrected chi connectivity index (χ2v) is 8.35. The molecule has 2 unspecified atom stereocenters. The molecule has 3 aliphatic rings. The predicted molar refractivity (Wildman–Crippen MR) is 96.9 cm³/mol. The lowest BCUT2D eigenvalue weighted by Gasteiger charge is -2.51. The summed E-state index contributed by atoms with van der Waals surface area (Å²) >= 11 is 12.2. The Kier molecular flexibility index (Phi) is 5.02. The molecule has 2 amide bonds. The maximum Gasteiger partial charge on any atom is 0.255 e. The molecule has 0 spiro atoms. The lowest BCUT2D eigenvalue weighted by molar-refractivity contribution is -0.144. The molecule has 0 radical (unpaired) electrons. The molecule has 25 heavy (non-hydrogen) atoms. The van der Waals surface area contributed by atoms with E-state index in [9.17, 15) is 14.7 Å². The third-order valence-electron chi connectivity index (χ3n) is 4.85. The molecule has 2 atom stereocenters. The summed E-state index contributed by atoms with van der Waals surface area (Å²) in [5, 5.41) is 10.7. The van der Waals surface area contributed by atoms with Crippen LogP contribution < -0.4 is 0 Å². The van der Waals surface area contributed by atoms with Crippen molar-refractivity contribution in [3.63, 3.8) is 0 Å². The highest BCUT2D eigenvalue weighted by molar-refractivity contribution is 6.35. The molecule has 4 rings (SSSR count). The Hall–Kier alpha value is -1.30. The van der Waals surface area contributed by atoms with Gasteiger partial charge in [0.25, 0.3) is 5.91 Å². The van der Waals surface area contributed by atoms with E-state index in [1.807, 2.05) is 4.90 Å². The number of aliphatic hydroxyl groups is 1. The van der Waals surface area contributed by atoms with E-state index in [2.05, 4.69) is 0 Å². The lowest BCUT2D eigenvalue weighted by atomic mass is 9.89. The van der Waals surface area contributed by atoms with Crippen LogP contribution in [0.3, 0.4) is 0 Å². The zero-order valence-electron chi connectivity index (χ0n) is 14.3. The van der Waals surface area contributed by atoms with Crippen LogP contribution in [-0.2, 0) is 4.79 Å². The van der Waals surface area contributed by atoms with Gasteiger partial charge in [0.15, 0.2) is 0 Å². The quantitative estimate of drug-likeness (QED) is 0.870. The van der Waals surface area contributed by atoms with Crippen LogP contribution in [0.5, 0.6) is 0 Å². The molecule has 0 aliphatic carbocycles. The minimum Gasteiger partial charge on any atom is -0.390 e. The number of amides is 2. The number of hydrogen-bond donors (Lipinski definition) is 1. The van der Waals surface area contributed by atoms with Crippen molar-refractivity contribution in [2.45, 2.75) is 50.8 Å². The van der Waals surface area contributed by atoms with E-state index in [4.69, 9.17) is 23.2 Å². The monoisotopic (exact) mass is 384 g/mol. The first-order valence-corrected chi connectivity index (χ1v) is 9.19. The topological polar surface area (TPSA) is 60.9 Å². The van der Waals surface area contributed by atoms with Crippen LogP contribution in [-0.4, -0.2) is 57.5 Å². The van der Waals surface area contributed by atoms with Gasteiger partial charge in [0.2, 0.25) is 5.91 Å². The predicted octanol–water partition coefficient (Wildman–Crippen LogP) is 2.97. The molecule has 5 nitrogen and oxygen atoms in total. The maximum absolute atomic E-state index is 12.9. The minimum absolute atomic E-state index is 0.0123. The molecule has 2 bridgehead atoms. The second-order valence-electron chi connectivity index (χ2n) is 7.50. The van der Waals surface area contributed by atoms with Gasteiger partial charge >= 0.3 is 0 Å². The molecule has 3 heterocycles. The summed E-state index contributed by atoms with van der Waals surface area (Å²) in [6.07, 6.45) is 1.82. The van der Waals surface area contributed by atoms with Gasteiger partial charge in [-0.25, -0.2) is 0 Å². The van der Waals surface area contributed by atoms with E-state index in [-0.39, 0.29) is 30.3 Å². The number of piperidine rings is 2. The summed E-state index contributed by atoms with van der Waals surface area (Å²) in [6, 6.07) is 4.82. The van der Waals surface area contributed by atoms with Gasteiger partial charge in [0.05, 0.1) is 22.6 Å². The Balaban J connectivity index is 1.75. The zero-order valence-corrected chi connectivity index (χ0v) is 15.8. The van der Waals surface area contributed by atoms with Gasteiger partial charge in [-0.15, -0.1) is 0 Å². The summed E-state index contributed by atoms with van der Waals surface area (Å²) in [5.41, 5.74) is -0.631. The van der Waals surface area contributed by atoms with Crippen LogP contribution in [0.4, 0.5) is 0 Å². The van der Waals surface area contributed by atoms with Gasteiger partial charge in [-0.2, -0.15) is 0 Å². The van der Waals surface area contributed by atoms with E-state index in [0.29, 0.717) is 28.7 Å². The fraction of sp³-hybridized carbons (Fsp3) is 0.556. The number of fused-ring (bicyclic) bond motifs is 3. The Morgan fingerprint density at radius 2 is 1.76 bits per heavy atom. The van der Waals surface area contributed by atoms with E-state index in [1.54, 1.807) is 36.9 Å². The smallest absolute Gasteiger partial charge is 0.255 e. The molecular formula is C18H22Cl2N2O3. The Morgan fingerprint density at radius 3 is 2.32 bits per heavy atom. The average Bonchev–Trinajstić information content (AvgIpc) is 2.55. The molecule has 0 saturated carbocycles. The maximum atomic E-state index is 12.9. The second kappa shape index (κ2) is 6.78. The highest BCUT2D eigenvalue weighted by Gasteiger charge is 2.43. The standard InChI is InChI=1S/C18H22Cl2N2O3/c1-18(2,25)8-16(23)21-9-13-5-4-12(21)10-22(13)17(24)14-7-11(19)3-6-15(14)20/h3,6-7,12-13,25H,4-5,8-10H2,1-2H3. The Morgan fingerprint density at radius 1 is 1.16 bits per heavy atom. The molecular weight excluding hydrogens is 363 g/mol. The number of hydrogen-bond acceptors (Lipinski definition) is 3. The van der Waals surface area contributed by atoms with E-state index in [0.717, 1.165) is 12.8 Å². The third kappa shape index (κ3) is 3.94. The van der Waals surface area contributed by atoms with Crippen LogP contribution >= 0.6 is 23.2 Å². The number of halogens is 2. The number of carbonyl (C=O) groups excluding carboxylic acids is 2. The number of piperazine rings is 1. The molecule has 1 N–H and O–H groups in total. The van der Waals surface area contributed by atoms with Crippen molar-refractivity contribution in [3.05, 3.63) is 33.8 Å². The van der Waals surface area contributed by atoms with Gasteiger partial charge < -0.3 is 14.9 Å². The van der Waals surface area contributed by atoms with Gasteiger partial charge in [-0.3, -0.25) is 9.59 Å². The molecule has 136 valence electrons. The summed E-state index contributed by atoms with van der Waals surface area (Å²) in [5.74, 6) is -0.202. The zero-order chi connectivity index (χ0) is 18.4. The first-order chi connectivity index (χ1) is 11.7. The van der Waals surface area contributed by atoms with Gasteiger partial charge in [-0.05, 0) is 44.9 Å². The van der Waals surface area contributed by atoms with E-state index in [1.165, 1.54) is 0 Å². The molecule has 3 saturated heterocycles. The van der Waals surface area contributed by atoms with Crippen LogP contribution in [0, 0.1) is 0 Å². The van der Waals surface area contributed by atoms with E-state index < -0.39 is 5.60 Å². The van der Waals surface area contributed by atoms with Crippen LogP contribution in [0.1, 0.15) is 43.5 Å². The van der Waals surface area contributed by atoms with Crippen molar-refractivity contribution in [1.82, 2.24) is 9.80 Å². The SMILES string of the molecule is CC(C)(O)CC(=O)N1CC2CCC1CN2C(=O)c1cc(Cl)ccc1Cl. The first kappa shape index (κ1) is 18.5. The number of nitrogens with zero attached hydrogens (tertiary/aromatic N) is 2. The highest BCUT2D eigenvalue weighted by atomic mass is 35.5. The summed E-state index contributed by atoms with van der Waals surface area (Å²) in [6.45, 7) is 4.25. The molecule has 1 aromatic carbocycles. The fourth-order valence-electron chi connectivity index (χ4n) is 3.67. The van der Waals surface area contributed by atoms with E-state index >= 15 is 0 Å². The Labute approximate surface area is 157 Å².